The van der Waals surface area contributed by atoms with Gasteiger partial charge in [-0.3, -0.25) is 0 Å². The van der Waals surface area contributed by atoms with Crippen molar-refractivity contribution in [2.24, 2.45) is 0 Å². The Morgan fingerprint density at radius 1 is 1.47 bits per heavy atom. The highest BCUT2D eigenvalue weighted by Gasteiger charge is 2.34. The van der Waals surface area contributed by atoms with Crippen molar-refractivity contribution in [3.8, 4) is 5.75 Å². The summed E-state index contributed by atoms with van der Waals surface area (Å²) in [4.78, 5) is 0. The third-order valence-corrected chi connectivity index (χ3v) is 2.83. The Labute approximate surface area is 88.7 Å². The number of aliphatic hydroxyl groups excluding tert-OH is 1. The van der Waals surface area contributed by atoms with Crippen molar-refractivity contribution in [1.29, 1.82) is 0 Å². The van der Waals surface area contributed by atoms with Gasteiger partial charge in [-0.25, -0.2) is 4.39 Å². The topological polar surface area (TPSA) is 29.5 Å². The minimum absolute atomic E-state index is 0.237. The van der Waals surface area contributed by atoms with Crippen molar-refractivity contribution in [2.75, 3.05) is 0 Å². The molecule has 1 aliphatic heterocycles. The van der Waals surface area contributed by atoms with E-state index in [1.807, 2.05) is 6.92 Å². The molecule has 1 aliphatic rings. The van der Waals surface area contributed by atoms with Crippen LogP contribution in [0.5, 0.6) is 5.75 Å². The number of aliphatic hydroxyl groups is 1. The zero-order valence-corrected chi connectivity index (χ0v) is 8.96. The molecule has 0 saturated heterocycles. The van der Waals surface area contributed by atoms with Gasteiger partial charge in [0.15, 0.2) is 11.6 Å². The second kappa shape index (κ2) is 3.81. The van der Waals surface area contributed by atoms with Gasteiger partial charge in [-0.05, 0) is 18.9 Å². The molecule has 1 aromatic rings. The lowest BCUT2D eigenvalue weighted by molar-refractivity contribution is 0.0603. The molecule has 0 aromatic heterocycles. The number of aryl methyl sites for hydroxylation is 1. The third kappa shape index (κ3) is 1.61. The Bertz CT molecular complexity index is 376. The number of rotatable bonds is 2. The van der Waals surface area contributed by atoms with Crippen LogP contribution in [0.1, 0.15) is 37.0 Å². The minimum Gasteiger partial charge on any atom is -0.484 e. The smallest absolute Gasteiger partial charge is 0.168 e. The zero-order chi connectivity index (χ0) is 11.0. The van der Waals surface area contributed by atoms with E-state index in [-0.39, 0.29) is 17.7 Å². The standard InChI is InChI=1S/C12H15FO2/c1-3-4-9-11(14)8-6-5-7(2)10(13)12(8)15-9/h5-6,9,11,14H,3-4H2,1-2H3. The monoisotopic (exact) mass is 210 g/mol. The molecule has 2 atom stereocenters. The van der Waals surface area contributed by atoms with E-state index in [2.05, 4.69) is 0 Å². The van der Waals surface area contributed by atoms with E-state index in [1.165, 1.54) is 0 Å². The Balaban J connectivity index is 2.36. The molecule has 0 fully saturated rings. The van der Waals surface area contributed by atoms with Gasteiger partial charge in [0.1, 0.15) is 12.2 Å². The SMILES string of the molecule is CCCC1Oc2c(ccc(C)c2F)C1O. The number of ether oxygens (including phenoxy) is 1. The summed E-state index contributed by atoms with van der Waals surface area (Å²) in [6, 6.07) is 3.42. The molecule has 0 aliphatic carbocycles. The van der Waals surface area contributed by atoms with E-state index in [0.29, 0.717) is 11.1 Å². The number of hydrogen-bond acceptors (Lipinski definition) is 2. The van der Waals surface area contributed by atoms with Gasteiger partial charge < -0.3 is 9.84 Å². The summed E-state index contributed by atoms with van der Waals surface area (Å²) in [7, 11) is 0. The van der Waals surface area contributed by atoms with Gasteiger partial charge in [0.05, 0.1) is 0 Å². The van der Waals surface area contributed by atoms with Crippen LogP contribution < -0.4 is 4.74 Å². The highest BCUT2D eigenvalue weighted by molar-refractivity contribution is 5.43. The van der Waals surface area contributed by atoms with Crippen LogP contribution in [0.25, 0.3) is 0 Å². The molecule has 0 amide bonds. The van der Waals surface area contributed by atoms with Gasteiger partial charge in [-0.15, -0.1) is 0 Å². The van der Waals surface area contributed by atoms with E-state index in [9.17, 15) is 9.50 Å². The lowest BCUT2D eigenvalue weighted by atomic mass is 10.0. The quantitative estimate of drug-likeness (QED) is 0.813. The predicted molar refractivity (Wildman–Crippen MR) is 55.4 cm³/mol. The molecule has 0 spiro atoms. The number of hydrogen-bond donors (Lipinski definition) is 1. The van der Waals surface area contributed by atoms with Gasteiger partial charge >= 0.3 is 0 Å². The molecule has 1 N–H and O–H groups in total. The second-order valence-electron chi connectivity index (χ2n) is 4.00. The highest BCUT2D eigenvalue weighted by Crippen LogP contribution is 2.40. The average molecular weight is 210 g/mol. The van der Waals surface area contributed by atoms with E-state index >= 15 is 0 Å². The molecule has 0 bridgehead atoms. The fourth-order valence-corrected chi connectivity index (χ4v) is 1.94. The maximum atomic E-state index is 13.7. The Morgan fingerprint density at radius 3 is 2.87 bits per heavy atom. The number of fused-ring (bicyclic) bond motifs is 1. The normalized spacial score (nSPS) is 23.7. The van der Waals surface area contributed by atoms with Crippen molar-refractivity contribution >= 4 is 0 Å². The lowest BCUT2D eigenvalue weighted by Crippen LogP contribution is -2.17. The molecule has 2 nitrogen and oxygen atoms in total. The first kappa shape index (κ1) is 10.4. The molecular weight excluding hydrogens is 195 g/mol. The third-order valence-electron chi connectivity index (χ3n) is 2.83. The van der Waals surface area contributed by atoms with Crippen molar-refractivity contribution in [2.45, 2.75) is 38.9 Å². The molecule has 2 unspecified atom stereocenters. The van der Waals surface area contributed by atoms with Crippen molar-refractivity contribution < 1.29 is 14.2 Å². The molecule has 3 heteroatoms. The molecule has 15 heavy (non-hydrogen) atoms. The van der Waals surface area contributed by atoms with E-state index in [1.54, 1.807) is 19.1 Å². The maximum absolute atomic E-state index is 13.7. The van der Waals surface area contributed by atoms with E-state index < -0.39 is 6.10 Å². The summed E-state index contributed by atoms with van der Waals surface area (Å²) < 4.78 is 19.1. The van der Waals surface area contributed by atoms with Crippen LogP contribution in [0.2, 0.25) is 0 Å². The fraction of sp³-hybridized carbons (Fsp3) is 0.500. The van der Waals surface area contributed by atoms with Crippen LogP contribution in [0.3, 0.4) is 0 Å². The predicted octanol–water partition coefficient (Wildman–Crippen LogP) is 2.73. The van der Waals surface area contributed by atoms with E-state index in [4.69, 9.17) is 4.74 Å². The first-order valence-electron chi connectivity index (χ1n) is 5.29. The number of benzene rings is 1. The van der Waals surface area contributed by atoms with Crippen LogP contribution in [0, 0.1) is 12.7 Å². The van der Waals surface area contributed by atoms with Gasteiger partial charge in [-0.2, -0.15) is 0 Å². The Kier molecular flexibility index (Phi) is 2.65. The Hall–Kier alpha value is -1.09. The number of halogens is 1. The highest BCUT2D eigenvalue weighted by atomic mass is 19.1. The van der Waals surface area contributed by atoms with Crippen LogP contribution in [-0.2, 0) is 0 Å². The van der Waals surface area contributed by atoms with Gasteiger partial charge in [-0.1, -0.05) is 25.5 Å². The molecule has 2 rings (SSSR count). The fourth-order valence-electron chi connectivity index (χ4n) is 1.94. The molecule has 0 radical (unpaired) electrons. The van der Waals surface area contributed by atoms with Crippen LogP contribution in [0.4, 0.5) is 4.39 Å². The van der Waals surface area contributed by atoms with Crippen molar-refractivity contribution in [3.05, 3.63) is 29.1 Å². The second-order valence-corrected chi connectivity index (χ2v) is 4.00. The van der Waals surface area contributed by atoms with Gasteiger partial charge in [0, 0.05) is 5.56 Å². The summed E-state index contributed by atoms with van der Waals surface area (Å²) >= 11 is 0. The van der Waals surface area contributed by atoms with Crippen LogP contribution >= 0.6 is 0 Å². The molecule has 0 saturated carbocycles. The first-order chi connectivity index (χ1) is 7.15. The van der Waals surface area contributed by atoms with Crippen LogP contribution in [0.15, 0.2) is 12.1 Å². The summed E-state index contributed by atoms with van der Waals surface area (Å²) in [5, 5.41) is 9.90. The lowest BCUT2D eigenvalue weighted by Gasteiger charge is -2.12. The maximum Gasteiger partial charge on any atom is 0.168 e. The average Bonchev–Trinajstić information content (AvgIpc) is 2.52. The molecular formula is C12H15FO2. The Morgan fingerprint density at radius 2 is 2.20 bits per heavy atom. The summed E-state index contributed by atoms with van der Waals surface area (Å²) in [5.74, 6) is -0.105. The molecule has 1 heterocycles. The summed E-state index contributed by atoms with van der Waals surface area (Å²) in [6.45, 7) is 3.71. The zero-order valence-electron chi connectivity index (χ0n) is 8.96. The largest absolute Gasteiger partial charge is 0.484 e. The molecule has 1 aromatic carbocycles. The van der Waals surface area contributed by atoms with Crippen LogP contribution in [-0.4, -0.2) is 11.2 Å². The summed E-state index contributed by atoms with van der Waals surface area (Å²) in [5.41, 5.74) is 1.13. The van der Waals surface area contributed by atoms with Gasteiger partial charge in [0.25, 0.3) is 0 Å². The van der Waals surface area contributed by atoms with Crippen molar-refractivity contribution in [1.82, 2.24) is 0 Å². The summed E-state index contributed by atoms with van der Waals surface area (Å²) in [6.07, 6.45) is 0.682. The van der Waals surface area contributed by atoms with Crippen molar-refractivity contribution in [3.63, 3.8) is 0 Å². The van der Waals surface area contributed by atoms with E-state index in [0.717, 1.165) is 12.8 Å². The molecule has 82 valence electrons. The van der Waals surface area contributed by atoms with Gasteiger partial charge in [0.2, 0.25) is 0 Å². The minimum atomic E-state index is -0.685. The first-order valence-corrected chi connectivity index (χ1v) is 5.29.